The number of hydrogen-bond acceptors (Lipinski definition) is 3. The minimum atomic E-state index is -3.32. The number of nitrogens with zero attached hydrogens (tertiary/aromatic N) is 1. The van der Waals surface area contributed by atoms with E-state index in [0.717, 1.165) is 24.4 Å². The molecule has 1 aromatic carbocycles. The van der Waals surface area contributed by atoms with E-state index in [0.29, 0.717) is 19.0 Å². The number of guanidine groups is 1. The Morgan fingerprint density at radius 1 is 1.11 bits per heavy atom. The van der Waals surface area contributed by atoms with E-state index in [2.05, 4.69) is 20.3 Å². The van der Waals surface area contributed by atoms with E-state index in [1.165, 1.54) is 32.1 Å². The van der Waals surface area contributed by atoms with Gasteiger partial charge in [-0.3, -0.25) is 4.99 Å². The Morgan fingerprint density at radius 2 is 1.78 bits per heavy atom. The summed E-state index contributed by atoms with van der Waals surface area (Å²) in [6.45, 7) is 1.51. The van der Waals surface area contributed by atoms with Crippen LogP contribution in [0.1, 0.15) is 44.1 Å². The zero-order valence-corrected chi connectivity index (χ0v) is 19.3. The summed E-state index contributed by atoms with van der Waals surface area (Å²) in [5.41, 5.74) is 0.948. The van der Waals surface area contributed by atoms with Crippen LogP contribution >= 0.6 is 24.0 Å². The van der Waals surface area contributed by atoms with Crippen molar-refractivity contribution < 1.29 is 8.42 Å². The summed E-state index contributed by atoms with van der Waals surface area (Å²) in [5.74, 6) is 1.57. The lowest BCUT2D eigenvalue weighted by atomic mass is 10.0. The number of hydrogen-bond donors (Lipinski definition) is 3. The van der Waals surface area contributed by atoms with Crippen LogP contribution in [0.15, 0.2) is 35.3 Å². The van der Waals surface area contributed by atoms with Crippen LogP contribution in [0.4, 0.5) is 0 Å². The number of halogens is 1. The molecular formula is C19H33IN4O2S. The topological polar surface area (TPSA) is 82.6 Å². The van der Waals surface area contributed by atoms with Gasteiger partial charge in [-0.1, -0.05) is 56.0 Å². The predicted molar refractivity (Wildman–Crippen MR) is 123 cm³/mol. The second-order valence-electron chi connectivity index (χ2n) is 6.84. The average molecular weight is 508 g/mol. The molecule has 1 aliphatic carbocycles. The van der Waals surface area contributed by atoms with Crippen LogP contribution in [0.3, 0.4) is 0 Å². The minimum Gasteiger partial charge on any atom is -0.356 e. The van der Waals surface area contributed by atoms with Crippen molar-refractivity contribution in [2.75, 3.05) is 25.9 Å². The fraction of sp³-hybridized carbons (Fsp3) is 0.632. The molecule has 0 unspecified atom stereocenters. The van der Waals surface area contributed by atoms with Crippen LogP contribution in [-0.2, 0) is 16.6 Å². The van der Waals surface area contributed by atoms with Gasteiger partial charge in [-0.15, -0.1) is 24.0 Å². The molecule has 1 saturated carbocycles. The molecule has 0 spiro atoms. The minimum absolute atomic E-state index is 0. The molecule has 0 aromatic heterocycles. The summed E-state index contributed by atoms with van der Waals surface area (Å²) in [6, 6.07) is 9.51. The van der Waals surface area contributed by atoms with Gasteiger partial charge in [0, 0.05) is 26.7 Å². The molecular weight excluding hydrogens is 475 g/mol. The highest BCUT2D eigenvalue weighted by Crippen LogP contribution is 2.28. The summed E-state index contributed by atoms with van der Waals surface area (Å²) < 4.78 is 26.8. The van der Waals surface area contributed by atoms with Crippen molar-refractivity contribution >= 4 is 40.0 Å². The van der Waals surface area contributed by atoms with Crippen molar-refractivity contribution in [3.63, 3.8) is 0 Å². The molecule has 0 bridgehead atoms. The maximum Gasteiger partial charge on any atom is 0.213 e. The molecule has 0 amide bonds. The summed E-state index contributed by atoms with van der Waals surface area (Å²) in [4.78, 5) is 4.15. The molecule has 0 atom stereocenters. The quantitative estimate of drug-likeness (QED) is 0.197. The fourth-order valence-electron chi connectivity index (χ4n) is 3.28. The average Bonchev–Trinajstić information content (AvgIpc) is 3.16. The Kier molecular flexibility index (Phi) is 11.9. The molecule has 0 radical (unpaired) electrons. The Bertz CT molecular complexity index is 647. The fourth-order valence-corrected chi connectivity index (χ4v) is 4.18. The van der Waals surface area contributed by atoms with Crippen molar-refractivity contribution in [3.05, 3.63) is 35.9 Å². The monoisotopic (exact) mass is 508 g/mol. The lowest BCUT2D eigenvalue weighted by Crippen LogP contribution is -2.41. The number of rotatable bonds is 10. The van der Waals surface area contributed by atoms with Gasteiger partial charge in [-0.2, -0.15) is 0 Å². The van der Waals surface area contributed by atoms with E-state index in [1.807, 2.05) is 30.3 Å². The molecule has 0 heterocycles. The standard InChI is InChI=1S/C19H32N4O2S.HI/c1-20-19(21-13-7-12-17-8-5-6-9-17)22-14-15-26(24,25)23-16-18-10-3-2-4-11-18;/h2-4,10-11,17,23H,5-9,12-16H2,1H3,(H2,20,21,22);1H. The van der Waals surface area contributed by atoms with Crippen LogP contribution in [0, 0.1) is 5.92 Å². The molecule has 6 nitrogen and oxygen atoms in total. The first kappa shape index (κ1) is 24.2. The molecule has 8 heteroatoms. The predicted octanol–water partition coefficient (Wildman–Crippen LogP) is 2.86. The molecule has 1 fully saturated rings. The first-order chi connectivity index (χ1) is 12.6. The van der Waals surface area contributed by atoms with Crippen LogP contribution in [-0.4, -0.2) is 40.3 Å². The zero-order chi connectivity index (χ0) is 18.7. The van der Waals surface area contributed by atoms with Crippen molar-refractivity contribution in [2.45, 2.75) is 45.1 Å². The van der Waals surface area contributed by atoms with Gasteiger partial charge in [0.15, 0.2) is 5.96 Å². The van der Waals surface area contributed by atoms with E-state index in [4.69, 9.17) is 0 Å². The summed E-state index contributed by atoms with van der Waals surface area (Å²) in [6.07, 6.45) is 7.91. The highest BCUT2D eigenvalue weighted by molar-refractivity contribution is 14.0. The Morgan fingerprint density at radius 3 is 2.44 bits per heavy atom. The molecule has 0 saturated heterocycles. The van der Waals surface area contributed by atoms with Gasteiger partial charge in [-0.25, -0.2) is 13.1 Å². The van der Waals surface area contributed by atoms with Crippen LogP contribution in [0.5, 0.6) is 0 Å². The molecule has 0 aliphatic heterocycles. The van der Waals surface area contributed by atoms with Crippen LogP contribution in [0.25, 0.3) is 0 Å². The number of sulfonamides is 1. The maximum atomic E-state index is 12.1. The van der Waals surface area contributed by atoms with Gasteiger partial charge < -0.3 is 10.6 Å². The van der Waals surface area contributed by atoms with Gasteiger partial charge in [0.25, 0.3) is 0 Å². The summed E-state index contributed by atoms with van der Waals surface area (Å²) in [7, 11) is -1.61. The van der Waals surface area contributed by atoms with Crippen molar-refractivity contribution in [3.8, 4) is 0 Å². The molecule has 2 rings (SSSR count). The van der Waals surface area contributed by atoms with Crippen molar-refractivity contribution in [1.82, 2.24) is 15.4 Å². The third kappa shape index (κ3) is 10.3. The Hall–Kier alpha value is -0.870. The number of nitrogens with one attached hydrogen (secondary N) is 3. The second-order valence-corrected chi connectivity index (χ2v) is 8.77. The highest BCUT2D eigenvalue weighted by atomic mass is 127. The Balaban J connectivity index is 0.00000364. The largest absolute Gasteiger partial charge is 0.356 e. The van der Waals surface area contributed by atoms with Gasteiger partial charge in [0.2, 0.25) is 10.0 Å². The molecule has 1 aliphatic rings. The van der Waals surface area contributed by atoms with E-state index in [9.17, 15) is 8.42 Å². The van der Waals surface area contributed by atoms with Crippen LogP contribution in [0.2, 0.25) is 0 Å². The van der Waals surface area contributed by atoms with E-state index >= 15 is 0 Å². The van der Waals surface area contributed by atoms with Crippen LogP contribution < -0.4 is 15.4 Å². The van der Waals surface area contributed by atoms with E-state index in [-0.39, 0.29) is 29.7 Å². The first-order valence-electron chi connectivity index (χ1n) is 9.55. The smallest absolute Gasteiger partial charge is 0.213 e. The first-order valence-corrected chi connectivity index (χ1v) is 11.2. The van der Waals surface area contributed by atoms with Gasteiger partial charge in [-0.05, 0) is 24.3 Å². The second kappa shape index (κ2) is 13.3. The van der Waals surface area contributed by atoms with Crippen molar-refractivity contribution in [1.29, 1.82) is 0 Å². The number of aliphatic imine (C=N–C) groups is 1. The number of benzene rings is 1. The lowest BCUT2D eigenvalue weighted by Gasteiger charge is -2.13. The third-order valence-corrected chi connectivity index (χ3v) is 6.11. The van der Waals surface area contributed by atoms with Gasteiger partial charge >= 0.3 is 0 Å². The molecule has 1 aromatic rings. The normalized spacial score (nSPS) is 15.4. The molecule has 27 heavy (non-hydrogen) atoms. The van der Waals surface area contributed by atoms with E-state index < -0.39 is 10.0 Å². The van der Waals surface area contributed by atoms with Gasteiger partial charge in [0.1, 0.15) is 0 Å². The Labute approximate surface area is 181 Å². The lowest BCUT2D eigenvalue weighted by molar-refractivity contribution is 0.481. The summed E-state index contributed by atoms with van der Waals surface area (Å²) >= 11 is 0. The SMILES string of the molecule is CN=C(NCCCC1CCCC1)NCCS(=O)(=O)NCc1ccccc1.I. The zero-order valence-electron chi connectivity index (χ0n) is 16.1. The van der Waals surface area contributed by atoms with E-state index in [1.54, 1.807) is 7.05 Å². The third-order valence-electron chi connectivity index (χ3n) is 4.78. The summed E-state index contributed by atoms with van der Waals surface area (Å²) in [5, 5.41) is 6.33. The maximum absolute atomic E-state index is 12.1. The van der Waals surface area contributed by atoms with Gasteiger partial charge in [0.05, 0.1) is 5.75 Å². The highest BCUT2D eigenvalue weighted by Gasteiger charge is 2.14. The molecule has 3 N–H and O–H groups in total. The van der Waals surface area contributed by atoms with Crippen molar-refractivity contribution in [2.24, 2.45) is 10.9 Å². The molecule has 154 valence electrons.